The van der Waals surface area contributed by atoms with Crippen molar-refractivity contribution in [2.45, 2.75) is 13.3 Å². The Morgan fingerprint density at radius 3 is 2.41 bits per heavy atom. The average molecular weight is 396 g/mol. The van der Waals surface area contributed by atoms with Crippen molar-refractivity contribution in [3.8, 4) is 11.5 Å². The van der Waals surface area contributed by atoms with E-state index in [2.05, 4.69) is 0 Å². The van der Waals surface area contributed by atoms with Crippen molar-refractivity contribution in [1.29, 1.82) is 0 Å². The Bertz CT molecular complexity index is 909. The van der Waals surface area contributed by atoms with Gasteiger partial charge in [-0.2, -0.15) is 0 Å². The Kier molecular flexibility index (Phi) is 6.65. The number of phenols is 1. The third-order valence-electron chi connectivity index (χ3n) is 3.54. The number of carboxylic acids is 1. The van der Waals surface area contributed by atoms with Crippen molar-refractivity contribution in [3.63, 3.8) is 0 Å². The topological polar surface area (TPSA) is 130 Å². The van der Waals surface area contributed by atoms with Crippen LogP contribution in [0.5, 0.6) is 11.5 Å². The molecule has 0 aromatic heterocycles. The lowest BCUT2D eigenvalue weighted by atomic mass is 10.2. The van der Waals surface area contributed by atoms with Crippen LogP contribution in [0.25, 0.3) is 0 Å². The molecule has 2 bridgehead atoms. The zero-order valence-electron chi connectivity index (χ0n) is 14.6. The van der Waals surface area contributed by atoms with Crippen LogP contribution in [-0.4, -0.2) is 49.5 Å². The van der Waals surface area contributed by atoms with Gasteiger partial charge >= 0.3 is 5.97 Å². The molecule has 27 heavy (non-hydrogen) atoms. The molecule has 9 heteroatoms. The number of fused-ring (bicyclic) bond motifs is 2. The second-order valence-electron chi connectivity index (χ2n) is 5.52. The average Bonchev–Trinajstić information content (AvgIpc) is 3.06. The van der Waals surface area contributed by atoms with Crippen LogP contribution < -0.4 is 4.74 Å². The van der Waals surface area contributed by atoms with E-state index in [9.17, 15) is 18.3 Å². The number of aliphatic hydroxyl groups is 1. The molecule has 2 heterocycles. The predicted molar refractivity (Wildman–Crippen MR) is 97.1 cm³/mol. The van der Waals surface area contributed by atoms with E-state index in [4.69, 9.17) is 19.7 Å². The maximum atomic E-state index is 11.4. The molecule has 0 spiro atoms. The van der Waals surface area contributed by atoms with Crippen LogP contribution in [0.4, 0.5) is 0 Å². The fourth-order valence-corrected chi connectivity index (χ4v) is 3.66. The fourth-order valence-electron chi connectivity index (χ4n) is 2.27. The van der Waals surface area contributed by atoms with E-state index in [-0.39, 0.29) is 34.3 Å². The maximum absolute atomic E-state index is 11.4. The number of aromatic hydroxyl groups is 1. The molecule has 1 aromatic rings. The summed E-state index contributed by atoms with van der Waals surface area (Å²) < 4.78 is 33.1. The SMILES string of the molecule is CCCOc1ccc(O)c(C(=O)O)c1.O=S1(=O)C2=CC(OCCO)=C1C=C2. The highest BCUT2D eigenvalue weighted by molar-refractivity contribution is 8.00. The Morgan fingerprint density at radius 1 is 1.15 bits per heavy atom. The molecular weight excluding hydrogens is 376 g/mol. The van der Waals surface area contributed by atoms with Gasteiger partial charge in [-0.15, -0.1) is 0 Å². The number of carboxylic acid groups (broad SMARTS) is 1. The van der Waals surface area contributed by atoms with Crippen molar-refractivity contribution in [2.75, 3.05) is 19.8 Å². The van der Waals surface area contributed by atoms with E-state index in [1.165, 1.54) is 36.4 Å². The van der Waals surface area contributed by atoms with Gasteiger partial charge in [0.1, 0.15) is 34.3 Å². The summed E-state index contributed by atoms with van der Waals surface area (Å²) in [5, 5.41) is 26.4. The van der Waals surface area contributed by atoms with Gasteiger partial charge in [-0.05, 0) is 36.8 Å². The smallest absolute Gasteiger partial charge is 0.339 e. The van der Waals surface area contributed by atoms with Crippen LogP contribution in [0, 0.1) is 0 Å². The standard InChI is InChI=1S/C10H12O4.C8H8O4S/c1-2-5-14-7-3-4-9(11)8(6-7)10(12)13;9-3-4-12-7-5-6-1-2-8(7)13(6,10)11/h3-4,6,11H,2,5H2,1H3,(H,12,13);1-2,5,9H,3-4H2. The number of sulfone groups is 1. The third kappa shape index (κ3) is 4.69. The Labute approximate surface area is 156 Å². The first-order valence-corrected chi connectivity index (χ1v) is 9.61. The van der Waals surface area contributed by atoms with Crippen LogP contribution in [0.1, 0.15) is 23.7 Å². The van der Waals surface area contributed by atoms with Crippen molar-refractivity contribution in [1.82, 2.24) is 0 Å². The molecule has 0 saturated carbocycles. The van der Waals surface area contributed by atoms with Crippen LogP contribution in [0.2, 0.25) is 0 Å². The molecule has 3 rings (SSSR count). The van der Waals surface area contributed by atoms with Crippen molar-refractivity contribution in [2.24, 2.45) is 0 Å². The van der Waals surface area contributed by atoms with Crippen LogP contribution >= 0.6 is 0 Å². The van der Waals surface area contributed by atoms with Gasteiger partial charge < -0.3 is 24.8 Å². The molecule has 0 aliphatic carbocycles. The van der Waals surface area contributed by atoms with Crippen molar-refractivity contribution < 1.29 is 38.0 Å². The normalized spacial score (nSPS) is 15.9. The zero-order valence-corrected chi connectivity index (χ0v) is 15.4. The lowest BCUT2D eigenvalue weighted by Crippen LogP contribution is -2.00. The summed E-state index contributed by atoms with van der Waals surface area (Å²) in [6, 6.07) is 4.17. The van der Waals surface area contributed by atoms with Gasteiger partial charge in [0.15, 0.2) is 0 Å². The predicted octanol–water partition coefficient (Wildman–Crippen LogP) is 1.97. The van der Waals surface area contributed by atoms with Crippen molar-refractivity contribution >= 4 is 15.8 Å². The number of benzene rings is 1. The second-order valence-corrected chi connectivity index (χ2v) is 7.43. The van der Waals surface area contributed by atoms with Gasteiger partial charge in [-0.25, -0.2) is 13.2 Å². The maximum Gasteiger partial charge on any atom is 0.339 e. The molecule has 0 unspecified atom stereocenters. The van der Waals surface area contributed by atoms with E-state index in [0.717, 1.165) is 6.42 Å². The molecule has 8 nitrogen and oxygen atoms in total. The van der Waals surface area contributed by atoms with Gasteiger partial charge in [0.25, 0.3) is 0 Å². The summed E-state index contributed by atoms with van der Waals surface area (Å²) in [5.74, 6) is -0.612. The Morgan fingerprint density at radius 2 is 1.89 bits per heavy atom. The third-order valence-corrected chi connectivity index (χ3v) is 5.33. The summed E-state index contributed by atoms with van der Waals surface area (Å²) in [5.41, 5.74) is -0.140. The molecular formula is C18H20O8S. The molecule has 0 atom stereocenters. The van der Waals surface area contributed by atoms with Gasteiger partial charge in [-0.1, -0.05) is 6.92 Å². The Balaban J connectivity index is 0.000000194. The number of hydrogen-bond donors (Lipinski definition) is 3. The van der Waals surface area contributed by atoms with E-state index < -0.39 is 15.8 Å². The highest BCUT2D eigenvalue weighted by Gasteiger charge is 2.34. The molecule has 0 fully saturated rings. The summed E-state index contributed by atoms with van der Waals surface area (Å²) in [6.07, 6.45) is 5.37. The fraction of sp³-hybridized carbons (Fsp3) is 0.278. The zero-order chi connectivity index (χ0) is 20.0. The summed E-state index contributed by atoms with van der Waals surface area (Å²) in [6.45, 7) is 2.48. The number of allylic oxidation sites excluding steroid dienone is 3. The van der Waals surface area contributed by atoms with E-state index in [1.54, 1.807) is 0 Å². The summed E-state index contributed by atoms with van der Waals surface area (Å²) in [7, 11) is -3.25. The number of aliphatic hydroxyl groups excluding tert-OH is 1. The van der Waals surface area contributed by atoms with Gasteiger partial charge in [0.2, 0.25) is 9.84 Å². The highest BCUT2D eigenvalue weighted by Crippen LogP contribution is 2.37. The first-order chi connectivity index (χ1) is 12.8. The monoisotopic (exact) mass is 396 g/mol. The lowest BCUT2D eigenvalue weighted by molar-refractivity contribution is 0.0693. The molecule has 2 aliphatic heterocycles. The van der Waals surface area contributed by atoms with Gasteiger partial charge in [-0.3, -0.25) is 0 Å². The van der Waals surface area contributed by atoms with Gasteiger partial charge in [0.05, 0.1) is 18.1 Å². The van der Waals surface area contributed by atoms with E-state index in [0.29, 0.717) is 18.1 Å². The lowest BCUT2D eigenvalue weighted by Gasteiger charge is -2.06. The number of hydrogen-bond acceptors (Lipinski definition) is 7. The number of carbonyl (C=O) groups is 1. The molecule has 0 amide bonds. The molecule has 2 aliphatic rings. The minimum Gasteiger partial charge on any atom is -0.507 e. The number of rotatable bonds is 7. The van der Waals surface area contributed by atoms with Gasteiger partial charge in [0, 0.05) is 6.08 Å². The first kappa shape index (κ1) is 20.5. The molecule has 0 saturated heterocycles. The molecule has 146 valence electrons. The minimum absolute atomic E-state index is 0.117. The van der Waals surface area contributed by atoms with Crippen LogP contribution in [0.15, 0.2) is 52.0 Å². The van der Waals surface area contributed by atoms with Crippen molar-refractivity contribution in [3.05, 3.63) is 57.6 Å². The molecule has 0 radical (unpaired) electrons. The van der Waals surface area contributed by atoms with E-state index >= 15 is 0 Å². The first-order valence-electron chi connectivity index (χ1n) is 8.13. The minimum atomic E-state index is -3.25. The largest absolute Gasteiger partial charge is 0.507 e. The summed E-state index contributed by atoms with van der Waals surface area (Å²) in [4.78, 5) is 11.1. The number of aromatic carboxylic acids is 1. The molecule has 1 aromatic carbocycles. The Hall–Kier alpha value is -2.78. The highest BCUT2D eigenvalue weighted by atomic mass is 32.2. The van der Waals surface area contributed by atoms with Crippen LogP contribution in [-0.2, 0) is 14.6 Å². The summed E-state index contributed by atoms with van der Waals surface area (Å²) >= 11 is 0. The van der Waals surface area contributed by atoms with Crippen LogP contribution in [0.3, 0.4) is 0 Å². The van der Waals surface area contributed by atoms with E-state index in [1.807, 2.05) is 6.92 Å². The number of ether oxygens (including phenoxy) is 2. The quantitative estimate of drug-likeness (QED) is 0.638. The second kappa shape index (κ2) is 8.74. The molecule has 3 N–H and O–H groups in total.